The molecular weight excluding hydrogens is 248 g/mol. The lowest BCUT2D eigenvalue weighted by Gasteiger charge is -2.26. The molecule has 1 heterocycles. The van der Waals surface area contributed by atoms with Crippen molar-refractivity contribution in [2.45, 2.75) is 12.8 Å². The van der Waals surface area contributed by atoms with Gasteiger partial charge in [0.1, 0.15) is 6.61 Å². The van der Waals surface area contributed by atoms with E-state index < -0.39 is 0 Å². The van der Waals surface area contributed by atoms with E-state index in [4.69, 9.17) is 9.47 Å². The van der Waals surface area contributed by atoms with E-state index in [1.165, 1.54) is 7.11 Å². The second-order valence-corrected chi connectivity index (χ2v) is 4.54. The number of nitrogens with one attached hydrogen (secondary N) is 1. The second kappa shape index (κ2) is 11.2. The SMILES string of the molecule is COC(=O)COCCCOCCCN1CCNCC1. The molecule has 0 aromatic rings. The van der Waals surface area contributed by atoms with Crippen LogP contribution in [0.5, 0.6) is 0 Å². The van der Waals surface area contributed by atoms with Crippen LogP contribution in [0.2, 0.25) is 0 Å². The number of carbonyl (C=O) groups excluding carboxylic acids is 1. The largest absolute Gasteiger partial charge is 0.467 e. The zero-order valence-corrected chi connectivity index (χ0v) is 11.9. The number of hydrogen-bond donors (Lipinski definition) is 1. The third-order valence-corrected chi connectivity index (χ3v) is 3.00. The quantitative estimate of drug-likeness (QED) is 0.443. The van der Waals surface area contributed by atoms with Gasteiger partial charge in [0, 0.05) is 52.5 Å². The molecule has 1 fully saturated rings. The van der Waals surface area contributed by atoms with Crippen LogP contribution in [-0.2, 0) is 19.0 Å². The molecule has 0 amide bonds. The van der Waals surface area contributed by atoms with Gasteiger partial charge in [-0.25, -0.2) is 4.79 Å². The maximum Gasteiger partial charge on any atom is 0.331 e. The van der Waals surface area contributed by atoms with Crippen molar-refractivity contribution < 1.29 is 19.0 Å². The van der Waals surface area contributed by atoms with Gasteiger partial charge in [0.2, 0.25) is 0 Å². The number of hydrogen-bond acceptors (Lipinski definition) is 6. The molecule has 0 aromatic heterocycles. The Balaban J connectivity index is 1.77. The molecule has 0 atom stereocenters. The summed E-state index contributed by atoms with van der Waals surface area (Å²) in [6.45, 7) is 7.62. The van der Waals surface area contributed by atoms with Crippen molar-refractivity contribution in [3.05, 3.63) is 0 Å². The van der Waals surface area contributed by atoms with Crippen LogP contribution < -0.4 is 5.32 Å². The lowest BCUT2D eigenvalue weighted by atomic mass is 10.3. The summed E-state index contributed by atoms with van der Waals surface area (Å²) in [5, 5.41) is 3.34. The van der Waals surface area contributed by atoms with E-state index in [9.17, 15) is 4.79 Å². The topological polar surface area (TPSA) is 60.0 Å². The molecule has 1 saturated heterocycles. The minimum absolute atomic E-state index is 0.0273. The number of piperazine rings is 1. The van der Waals surface area contributed by atoms with Crippen LogP contribution in [0.4, 0.5) is 0 Å². The van der Waals surface area contributed by atoms with Crippen LogP contribution in [0.15, 0.2) is 0 Å². The van der Waals surface area contributed by atoms with Gasteiger partial charge in [-0.15, -0.1) is 0 Å². The molecule has 0 unspecified atom stereocenters. The van der Waals surface area contributed by atoms with Crippen LogP contribution in [0.25, 0.3) is 0 Å². The fraction of sp³-hybridized carbons (Fsp3) is 0.923. The summed E-state index contributed by atoms with van der Waals surface area (Å²) < 4.78 is 15.1. The summed E-state index contributed by atoms with van der Waals surface area (Å²) in [7, 11) is 1.35. The van der Waals surface area contributed by atoms with E-state index in [1.54, 1.807) is 0 Å². The zero-order chi connectivity index (χ0) is 13.8. The highest BCUT2D eigenvalue weighted by Gasteiger charge is 2.07. The first-order valence-corrected chi connectivity index (χ1v) is 6.98. The molecule has 6 nitrogen and oxygen atoms in total. The third kappa shape index (κ3) is 8.93. The van der Waals surface area contributed by atoms with Crippen molar-refractivity contribution in [2.75, 3.05) is 66.3 Å². The normalized spacial score (nSPS) is 16.5. The Morgan fingerprint density at radius 3 is 2.53 bits per heavy atom. The van der Waals surface area contributed by atoms with Gasteiger partial charge in [-0.1, -0.05) is 0 Å². The minimum atomic E-state index is -0.336. The second-order valence-electron chi connectivity index (χ2n) is 4.54. The number of methoxy groups -OCH3 is 1. The lowest BCUT2D eigenvalue weighted by Crippen LogP contribution is -2.43. The molecule has 0 radical (unpaired) electrons. The van der Waals surface area contributed by atoms with Crippen molar-refractivity contribution in [2.24, 2.45) is 0 Å². The monoisotopic (exact) mass is 274 g/mol. The highest BCUT2D eigenvalue weighted by molar-refractivity contribution is 5.70. The van der Waals surface area contributed by atoms with Crippen LogP contribution in [0.3, 0.4) is 0 Å². The first-order valence-electron chi connectivity index (χ1n) is 6.98. The smallest absolute Gasteiger partial charge is 0.331 e. The van der Waals surface area contributed by atoms with Crippen molar-refractivity contribution in [1.29, 1.82) is 0 Å². The standard InChI is InChI=1S/C13H26N2O4/c1-17-13(16)12-19-11-3-10-18-9-2-6-15-7-4-14-5-8-15/h14H,2-12H2,1H3. The molecule has 6 heteroatoms. The number of nitrogens with zero attached hydrogens (tertiary/aromatic N) is 1. The van der Waals surface area contributed by atoms with Gasteiger partial charge < -0.3 is 24.4 Å². The predicted octanol–water partition coefficient (Wildman–Crippen LogP) is -0.122. The summed E-state index contributed by atoms with van der Waals surface area (Å²) in [4.78, 5) is 13.2. The van der Waals surface area contributed by atoms with Crippen molar-refractivity contribution >= 4 is 5.97 Å². The average Bonchev–Trinajstić information content (AvgIpc) is 2.46. The zero-order valence-electron chi connectivity index (χ0n) is 11.9. The summed E-state index contributed by atoms with van der Waals surface area (Å²) in [5.41, 5.74) is 0. The maximum atomic E-state index is 10.7. The van der Waals surface area contributed by atoms with Gasteiger partial charge in [-0.3, -0.25) is 0 Å². The average molecular weight is 274 g/mol. The lowest BCUT2D eigenvalue weighted by molar-refractivity contribution is -0.146. The Hall–Kier alpha value is -0.690. The molecule has 19 heavy (non-hydrogen) atoms. The fourth-order valence-electron chi connectivity index (χ4n) is 1.90. The molecular formula is C13H26N2O4. The van der Waals surface area contributed by atoms with Gasteiger partial charge in [0.25, 0.3) is 0 Å². The highest BCUT2D eigenvalue weighted by Crippen LogP contribution is 1.95. The first kappa shape index (κ1) is 16.4. The summed E-state index contributed by atoms with van der Waals surface area (Å²) in [6, 6.07) is 0. The number of esters is 1. The first-order chi connectivity index (χ1) is 9.33. The number of rotatable bonds is 10. The van der Waals surface area contributed by atoms with E-state index in [2.05, 4.69) is 15.0 Å². The predicted molar refractivity (Wildman–Crippen MR) is 72.2 cm³/mol. The summed E-state index contributed by atoms with van der Waals surface area (Å²) >= 11 is 0. The minimum Gasteiger partial charge on any atom is -0.467 e. The van der Waals surface area contributed by atoms with Gasteiger partial charge in [0.05, 0.1) is 7.11 Å². The molecule has 0 aliphatic carbocycles. The molecule has 1 N–H and O–H groups in total. The van der Waals surface area contributed by atoms with Gasteiger partial charge in [-0.2, -0.15) is 0 Å². The van der Waals surface area contributed by atoms with Crippen LogP contribution in [0.1, 0.15) is 12.8 Å². The molecule has 1 rings (SSSR count). The van der Waals surface area contributed by atoms with Gasteiger partial charge >= 0.3 is 5.97 Å². The molecule has 0 saturated carbocycles. The number of carbonyl (C=O) groups is 1. The van der Waals surface area contributed by atoms with Crippen molar-refractivity contribution in [1.82, 2.24) is 10.2 Å². The van der Waals surface area contributed by atoms with Crippen molar-refractivity contribution in [3.8, 4) is 0 Å². The van der Waals surface area contributed by atoms with Crippen LogP contribution in [0, 0.1) is 0 Å². The van der Waals surface area contributed by atoms with Crippen molar-refractivity contribution in [3.63, 3.8) is 0 Å². The Kier molecular flexibility index (Phi) is 9.61. The van der Waals surface area contributed by atoms with Crippen LogP contribution in [-0.4, -0.2) is 77.1 Å². The summed E-state index contributed by atoms with van der Waals surface area (Å²) in [5.74, 6) is -0.336. The molecule has 0 aromatic carbocycles. The van der Waals surface area contributed by atoms with E-state index in [-0.39, 0.29) is 12.6 Å². The Morgan fingerprint density at radius 2 is 1.79 bits per heavy atom. The molecule has 1 aliphatic rings. The Morgan fingerprint density at radius 1 is 1.11 bits per heavy atom. The highest BCUT2D eigenvalue weighted by atomic mass is 16.6. The van der Waals surface area contributed by atoms with E-state index >= 15 is 0 Å². The number of ether oxygens (including phenoxy) is 3. The van der Waals surface area contributed by atoms with E-state index in [0.29, 0.717) is 13.2 Å². The van der Waals surface area contributed by atoms with E-state index in [1.807, 2.05) is 0 Å². The Labute approximate surface area is 115 Å². The molecule has 1 aliphatic heterocycles. The molecule has 0 bridgehead atoms. The fourth-order valence-corrected chi connectivity index (χ4v) is 1.90. The molecule has 0 spiro atoms. The maximum absolute atomic E-state index is 10.7. The third-order valence-electron chi connectivity index (χ3n) is 3.00. The Bertz CT molecular complexity index is 233. The van der Waals surface area contributed by atoms with Gasteiger partial charge in [-0.05, 0) is 12.8 Å². The van der Waals surface area contributed by atoms with Gasteiger partial charge in [0.15, 0.2) is 0 Å². The van der Waals surface area contributed by atoms with Crippen LogP contribution >= 0.6 is 0 Å². The molecule has 112 valence electrons. The van der Waals surface area contributed by atoms with E-state index in [0.717, 1.165) is 52.2 Å². The summed E-state index contributed by atoms with van der Waals surface area (Å²) in [6.07, 6.45) is 1.88.